The lowest BCUT2D eigenvalue weighted by Crippen LogP contribution is -2.30. The van der Waals surface area contributed by atoms with Gasteiger partial charge in [0.1, 0.15) is 6.04 Å². The molecule has 5 nitrogen and oxygen atoms in total. The minimum absolute atomic E-state index is 0.129. The largest absolute Gasteiger partial charge is 0.325 e. The van der Waals surface area contributed by atoms with Crippen LogP contribution in [0.4, 0.5) is 4.79 Å². The fourth-order valence-electron chi connectivity index (χ4n) is 2.47. The Balaban J connectivity index is 1.81. The van der Waals surface area contributed by atoms with Crippen LogP contribution in [0.1, 0.15) is 22.7 Å². The third-order valence-corrected chi connectivity index (χ3v) is 3.88. The number of amides is 3. The van der Waals surface area contributed by atoms with Crippen LogP contribution in [0.3, 0.4) is 0 Å². The molecule has 1 fully saturated rings. The maximum atomic E-state index is 12.5. The van der Waals surface area contributed by atoms with Crippen molar-refractivity contribution in [3.05, 3.63) is 70.2 Å². The van der Waals surface area contributed by atoms with Gasteiger partial charge in [-0.05, 0) is 35.4 Å². The van der Waals surface area contributed by atoms with Crippen molar-refractivity contribution < 1.29 is 9.59 Å². The molecule has 1 N–H and O–H groups in total. The van der Waals surface area contributed by atoms with E-state index in [0.29, 0.717) is 16.1 Å². The topological polar surface area (TPSA) is 73.2 Å². The van der Waals surface area contributed by atoms with Crippen LogP contribution in [0.5, 0.6) is 0 Å². The monoisotopic (exact) mass is 325 g/mol. The molecule has 3 amide bonds. The second-order valence-electron chi connectivity index (χ2n) is 5.17. The predicted octanol–water partition coefficient (Wildman–Crippen LogP) is 3.00. The lowest BCUT2D eigenvalue weighted by atomic mass is 10.1. The first kappa shape index (κ1) is 15.1. The van der Waals surface area contributed by atoms with E-state index in [0.717, 1.165) is 10.5 Å². The van der Waals surface area contributed by atoms with E-state index in [2.05, 4.69) is 5.32 Å². The zero-order chi connectivity index (χ0) is 16.4. The Labute approximate surface area is 138 Å². The molecule has 0 radical (unpaired) electrons. The summed E-state index contributed by atoms with van der Waals surface area (Å²) in [4.78, 5) is 25.8. The van der Waals surface area contributed by atoms with Crippen molar-refractivity contribution in [3.63, 3.8) is 0 Å². The third-order valence-electron chi connectivity index (χ3n) is 3.63. The number of carbonyl (C=O) groups is 2. The normalized spacial score (nSPS) is 17.0. The second kappa shape index (κ2) is 6.11. The summed E-state index contributed by atoms with van der Waals surface area (Å²) >= 11 is 5.84. The summed E-state index contributed by atoms with van der Waals surface area (Å²) in [6.45, 7) is 0.129. The summed E-state index contributed by atoms with van der Waals surface area (Å²) in [5, 5.41) is 12.2. The molecule has 0 saturated carbocycles. The number of rotatable bonds is 3. The third kappa shape index (κ3) is 3.03. The van der Waals surface area contributed by atoms with Crippen LogP contribution < -0.4 is 5.32 Å². The number of nitriles is 1. The highest BCUT2D eigenvalue weighted by Crippen LogP contribution is 2.24. The van der Waals surface area contributed by atoms with Crippen LogP contribution in [0, 0.1) is 11.3 Å². The summed E-state index contributed by atoms with van der Waals surface area (Å²) in [5.41, 5.74) is 1.90. The Morgan fingerprint density at radius 1 is 1.17 bits per heavy atom. The second-order valence-corrected chi connectivity index (χ2v) is 5.61. The zero-order valence-electron chi connectivity index (χ0n) is 12.0. The van der Waals surface area contributed by atoms with Crippen molar-refractivity contribution in [1.29, 1.82) is 5.26 Å². The van der Waals surface area contributed by atoms with E-state index in [1.54, 1.807) is 48.5 Å². The van der Waals surface area contributed by atoms with E-state index >= 15 is 0 Å². The van der Waals surface area contributed by atoms with Gasteiger partial charge < -0.3 is 5.32 Å². The standard InChI is InChI=1S/C17H12ClN3O2/c18-14-6-4-13(5-7-14)15-16(22)21(17(23)20-15)10-12-3-1-2-11(8-12)9-19/h1-8,15H,10H2,(H,20,23). The highest BCUT2D eigenvalue weighted by atomic mass is 35.5. The van der Waals surface area contributed by atoms with Gasteiger partial charge in [0.05, 0.1) is 18.2 Å². The Morgan fingerprint density at radius 2 is 1.91 bits per heavy atom. The van der Waals surface area contributed by atoms with Crippen LogP contribution in [0.25, 0.3) is 0 Å². The Kier molecular flexibility index (Phi) is 4.00. The minimum atomic E-state index is -0.709. The zero-order valence-corrected chi connectivity index (χ0v) is 12.7. The molecule has 0 aliphatic carbocycles. The highest BCUT2D eigenvalue weighted by molar-refractivity contribution is 6.30. The highest BCUT2D eigenvalue weighted by Gasteiger charge is 2.38. The van der Waals surface area contributed by atoms with Crippen molar-refractivity contribution in [3.8, 4) is 6.07 Å². The van der Waals surface area contributed by atoms with Crippen molar-refractivity contribution in [2.45, 2.75) is 12.6 Å². The van der Waals surface area contributed by atoms with Crippen LogP contribution in [0.2, 0.25) is 5.02 Å². The maximum absolute atomic E-state index is 12.5. The Morgan fingerprint density at radius 3 is 2.61 bits per heavy atom. The number of urea groups is 1. The van der Waals surface area contributed by atoms with Gasteiger partial charge >= 0.3 is 6.03 Å². The van der Waals surface area contributed by atoms with Gasteiger partial charge in [-0.2, -0.15) is 5.26 Å². The van der Waals surface area contributed by atoms with Gasteiger partial charge in [-0.1, -0.05) is 35.9 Å². The maximum Gasteiger partial charge on any atom is 0.325 e. The van der Waals surface area contributed by atoms with Gasteiger partial charge in [0, 0.05) is 5.02 Å². The molecule has 23 heavy (non-hydrogen) atoms. The quantitative estimate of drug-likeness (QED) is 0.882. The SMILES string of the molecule is N#Cc1cccc(CN2C(=O)NC(c3ccc(Cl)cc3)C2=O)c1. The molecule has 3 rings (SSSR count). The van der Waals surface area contributed by atoms with Crippen molar-refractivity contribution in [1.82, 2.24) is 10.2 Å². The van der Waals surface area contributed by atoms with E-state index in [-0.39, 0.29) is 12.5 Å². The van der Waals surface area contributed by atoms with E-state index in [9.17, 15) is 9.59 Å². The lowest BCUT2D eigenvalue weighted by Gasteiger charge is -2.13. The van der Waals surface area contributed by atoms with Crippen LogP contribution >= 0.6 is 11.6 Å². The van der Waals surface area contributed by atoms with Crippen LogP contribution in [-0.4, -0.2) is 16.8 Å². The first-order chi connectivity index (χ1) is 11.1. The molecule has 1 atom stereocenters. The number of nitrogens with one attached hydrogen (secondary N) is 1. The molecule has 2 aromatic carbocycles. The lowest BCUT2D eigenvalue weighted by molar-refractivity contribution is -0.128. The molecular weight excluding hydrogens is 314 g/mol. The van der Waals surface area contributed by atoms with Gasteiger partial charge in [-0.3, -0.25) is 9.69 Å². The molecule has 0 spiro atoms. The van der Waals surface area contributed by atoms with Gasteiger partial charge in [0.15, 0.2) is 0 Å². The summed E-state index contributed by atoms with van der Waals surface area (Å²) < 4.78 is 0. The van der Waals surface area contributed by atoms with Crippen molar-refractivity contribution in [2.75, 3.05) is 0 Å². The van der Waals surface area contributed by atoms with Crippen molar-refractivity contribution >= 4 is 23.5 Å². The van der Waals surface area contributed by atoms with E-state index in [1.165, 1.54) is 0 Å². The number of hydrogen-bond acceptors (Lipinski definition) is 3. The molecule has 2 aromatic rings. The molecule has 1 unspecified atom stereocenters. The predicted molar refractivity (Wildman–Crippen MR) is 84.4 cm³/mol. The summed E-state index contributed by atoms with van der Waals surface area (Å²) in [6.07, 6.45) is 0. The van der Waals surface area contributed by atoms with E-state index in [1.807, 2.05) is 6.07 Å². The molecule has 0 bridgehead atoms. The molecule has 1 heterocycles. The molecule has 1 aliphatic heterocycles. The molecular formula is C17H12ClN3O2. The first-order valence-corrected chi connectivity index (χ1v) is 7.32. The molecule has 1 saturated heterocycles. The summed E-state index contributed by atoms with van der Waals surface area (Å²) in [6, 6.07) is 14.5. The van der Waals surface area contributed by atoms with E-state index < -0.39 is 12.1 Å². The smallest absolute Gasteiger partial charge is 0.322 e. The van der Waals surface area contributed by atoms with E-state index in [4.69, 9.17) is 16.9 Å². The molecule has 6 heteroatoms. The van der Waals surface area contributed by atoms with Gasteiger partial charge in [0.2, 0.25) is 0 Å². The number of benzene rings is 2. The Hall–Kier alpha value is -2.84. The number of imide groups is 1. The Bertz CT molecular complexity index is 811. The molecule has 1 aliphatic rings. The molecule has 114 valence electrons. The minimum Gasteiger partial charge on any atom is -0.322 e. The van der Waals surface area contributed by atoms with Gasteiger partial charge in [-0.25, -0.2) is 4.79 Å². The first-order valence-electron chi connectivity index (χ1n) is 6.95. The average molecular weight is 326 g/mol. The molecule has 0 aromatic heterocycles. The van der Waals surface area contributed by atoms with Gasteiger partial charge in [0.25, 0.3) is 5.91 Å². The van der Waals surface area contributed by atoms with Crippen molar-refractivity contribution in [2.24, 2.45) is 0 Å². The number of carbonyl (C=O) groups excluding carboxylic acids is 2. The van der Waals surface area contributed by atoms with Crippen LogP contribution in [-0.2, 0) is 11.3 Å². The average Bonchev–Trinajstić information content (AvgIpc) is 2.84. The van der Waals surface area contributed by atoms with Crippen LogP contribution in [0.15, 0.2) is 48.5 Å². The fraction of sp³-hybridized carbons (Fsp3) is 0.118. The number of hydrogen-bond donors (Lipinski definition) is 1. The fourth-order valence-corrected chi connectivity index (χ4v) is 2.60. The number of halogens is 1. The summed E-state index contributed by atoms with van der Waals surface area (Å²) in [5.74, 6) is -0.320. The summed E-state index contributed by atoms with van der Waals surface area (Å²) in [7, 11) is 0. The number of nitrogens with zero attached hydrogens (tertiary/aromatic N) is 2. The van der Waals surface area contributed by atoms with Gasteiger partial charge in [-0.15, -0.1) is 0 Å².